The van der Waals surface area contributed by atoms with Gasteiger partial charge in [-0.1, -0.05) is 13.3 Å². The Morgan fingerprint density at radius 3 is 2.24 bits per heavy atom. The molecule has 0 fully saturated rings. The molecule has 0 atom stereocenters. The number of unbranched alkanes of at least 4 members (excludes halogenated alkanes) is 1. The molecule has 2 aromatic carbocycles. The maximum Gasteiger partial charge on any atom is 0.430 e. The third-order valence-corrected chi connectivity index (χ3v) is 5.82. The summed E-state index contributed by atoms with van der Waals surface area (Å²) in [4.78, 5) is 13.3. The van der Waals surface area contributed by atoms with Gasteiger partial charge in [0.05, 0.1) is 18.0 Å². The summed E-state index contributed by atoms with van der Waals surface area (Å²) in [5, 5.41) is 10.1. The van der Waals surface area contributed by atoms with Crippen LogP contribution < -0.4 is 19.8 Å². The third-order valence-electron chi connectivity index (χ3n) is 5.82. The summed E-state index contributed by atoms with van der Waals surface area (Å²) in [6, 6.07) is 4.69. The van der Waals surface area contributed by atoms with Gasteiger partial charge in [-0.3, -0.25) is 4.79 Å². The number of rotatable bonds is 5. The van der Waals surface area contributed by atoms with Gasteiger partial charge in [0.2, 0.25) is 6.79 Å². The Morgan fingerprint density at radius 1 is 1.00 bits per heavy atom. The van der Waals surface area contributed by atoms with Gasteiger partial charge in [0.1, 0.15) is 5.75 Å². The molecule has 0 saturated carbocycles. The van der Waals surface area contributed by atoms with E-state index in [2.05, 4.69) is 0 Å². The minimum Gasteiger partial charge on any atom is -0.497 e. The largest absolute Gasteiger partial charge is 0.497 e. The fourth-order valence-electron chi connectivity index (χ4n) is 4.10. The van der Waals surface area contributed by atoms with Crippen molar-refractivity contribution in [2.45, 2.75) is 44.3 Å². The number of nitrogens with zero attached hydrogens (tertiary/aromatic N) is 1. The molecular formula is C22H19F6NO5. The van der Waals surface area contributed by atoms with E-state index in [-0.39, 0.29) is 34.0 Å². The summed E-state index contributed by atoms with van der Waals surface area (Å²) in [5.74, 6) is -1.11. The molecule has 1 N–H and O–H groups in total. The van der Waals surface area contributed by atoms with Crippen LogP contribution in [0, 0.1) is 0 Å². The number of alkyl halides is 6. The van der Waals surface area contributed by atoms with Crippen molar-refractivity contribution in [2.75, 3.05) is 13.9 Å². The average Bonchev–Trinajstić information content (AvgIpc) is 3.26. The number of hydrogen-bond acceptors (Lipinski definition) is 5. The summed E-state index contributed by atoms with van der Waals surface area (Å²) >= 11 is 0. The molecule has 0 saturated heterocycles. The Bertz CT molecular complexity index is 1310. The predicted octanol–water partition coefficient (Wildman–Crippen LogP) is 5.00. The Balaban J connectivity index is 2.23. The molecule has 184 valence electrons. The lowest BCUT2D eigenvalue weighted by Gasteiger charge is -2.33. The second-order valence-corrected chi connectivity index (χ2v) is 7.81. The van der Waals surface area contributed by atoms with Crippen LogP contribution in [0.2, 0.25) is 0 Å². The van der Waals surface area contributed by atoms with Crippen LogP contribution in [0.4, 0.5) is 26.3 Å². The van der Waals surface area contributed by atoms with E-state index < -0.39 is 47.4 Å². The lowest BCUT2D eigenvalue weighted by molar-refractivity contribution is -0.376. The van der Waals surface area contributed by atoms with Crippen LogP contribution in [0.25, 0.3) is 21.7 Å². The molecule has 12 heteroatoms. The summed E-state index contributed by atoms with van der Waals surface area (Å²) < 4.78 is 99.1. The van der Waals surface area contributed by atoms with E-state index in [1.54, 1.807) is 0 Å². The highest BCUT2D eigenvalue weighted by atomic mass is 19.4. The van der Waals surface area contributed by atoms with E-state index in [9.17, 15) is 36.2 Å². The number of aromatic nitrogens is 1. The highest BCUT2D eigenvalue weighted by molar-refractivity contribution is 6.09. The first-order valence-corrected chi connectivity index (χ1v) is 10.2. The van der Waals surface area contributed by atoms with Gasteiger partial charge in [-0.05, 0) is 36.1 Å². The normalized spacial score (nSPS) is 14.3. The van der Waals surface area contributed by atoms with Crippen molar-refractivity contribution in [1.82, 2.24) is 4.57 Å². The minimum absolute atomic E-state index is 0.0148. The smallest absolute Gasteiger partial charge is 0.430 e. The monoisotopic (exact) mass is 491 g/mol. The molecule has 0 unspecified atom stereocenters. The predicted molar refractivity (Wildman–Crippen MR) is 109 cm³/mol. The fourth-order valence-corrected chi connectivity index (χ4v) is 4.10. The summed E-state index contributed by atoms with van der Waals surface area (Å²) in [7, 11) is 1.35. The maximum absolute atomic E-state index is 13.7. The molecule has 0 spiro atoms. The zero-order valence-electron chi connectivity index (χ0n) is 17.9. The molecular weight excluding hydrogens is 472 g/mol. The summed E-state index contributed by atoms with van der Waals surface area (Å²) in [6.07, 6.45) is -11.1. The molecule has 4 rings (SSSR count). The first-order valence-electron chi connectivity index (χ1n) is 10.2. The van der Waals surface area contributed by atoms with Crippen LogP contribution in [0.3, 0.4) is 0 Å². The Morgan fingerprint density at radius 2 is 1.65 bits per heavy atom. The van der Waals surface area contributed by atoms with E-state index in [1.165, 1.54) is 29.9 Å². The molecule has 6 nitrogen and oxygen atoms in total. The van der Waals surface area contributed by atoms with E-state index in [0.717, 1.165) is 0 Å². The second-order valence-electron chi connectivity index (χ2n) is 7.81. The van der Waals surface area contributed by atoms with E-state index >= 15 is 0 Å². The van der Waals surface area contributed by atoms with Crippen LogP contribution in [-0.2, 0) is 12.1 Å². The lowest BCUT2D eigenvalue weighted by Crippen LogP contribution is -2.54. The first-order chi connectivity index (χ1) is 15.9. The van der Waals surface area contributed by atoms with E-state index in [0.29, 0.717) is 18.9 Å². The van der Waals surface area contributed by atoms with Gasteiger partial charge in [-0.25, -0.2) is 0 Å². The third kappa shape index (κ3) is 3.34. The number of ether oxygens (including phenoxy) is 3. The van der Waals surface area contributed by atoms with Crippen LogP contribution >= 0.6 is 0 Å². The Hall–Kier alpha value is -3.15. The maximum atomic E-state index is 13.7. The number of benzene rings is 2. The Labute approximate surface area is 188 Å². The average molecular weight is 491 g/mol. The zero-order valence-corrected chi connectivity index (χ0v) is 17.9. The highest BCUT2D eigenvalue weighted by Gasteiger charge is 2.72. The first kappa shape index (κ1) is 24.0. The molecule has 0 bridgehead atoms. The van der Waals surface area contributed by atoms with Gasteiger partial charge in [0.25, 0.3) is 11.2 Å². The summed E-state index contributed by atoms with van der Waals surface area (Å²) in [5.41, 5.74) is -7.35. The molecule has 1 aliphatic heterocycles. The standard InChI is InChI=1S/C22H19F6NO5/c1-3-4-7-29-16-13(12-6-5-11(32-2)8-14(12)19(29)30)9-15(17-18(16)34-10-33-17)20(31,21(23,24)25)22(26,27)28/h5-6,8-9,31H,3-4,7,10H2,1-2H3. The molecule has 3 aromatic rings. The number of pyridine rings is 1. The number of fused-ring (bicyclic) bond motifs is 5. The lowest BCUT2D eigenvalue weighted by atomic mass is 9.88. The van der Waals surface area contributed by atoms with Crippen molar-refractivity contribution in [3.63, 3.8) is 0 Å². The molecule has 0 amide bonds. The number of aliphatic hydroxyl groups is 1. The highest BCUT2D eigenvalue weighted by Crippen LogP contribution is 2.56. The molecule has 2 heterocycles. The van der Waals surface area contributed by atoms with Gasteiger partial charge in [0, 0.05) is 17.5 Å². The molecule has 0 radical (unpaired) electrons. The van der Waals surface area contributed by atoms with Gasteiger partial charge < -0.3 is 23.9 Å². The van der Waals surface area contributed by atoms with Crippen LogP contribution in [0.1, 0.15) is 25.3 Å². The molecule has 0 aliphatic carbocycles. The van der Waals surface area contributed by atoms with Crippen LogP contribution in [0.5, 0.6) is 17.2 Å². The number of methoxy groups -OCH3 is 1. The van der Waals surface area contributed by atoms with Gasteiger partial charge in [-0.2, -0.15) is 26.3 Å². The van der Waals surface area contributed by atoms with Crippen molar-refractivity contribution in [2.24, 2.45) is 0 Å². The van der Waals surface area contributed by atoms with E-state index in [4.69, 9.17) is 14.2 Å². The molecule has 34 heavy (non-hydrogen) atoms. The van der Waals surface area contributed by atoms with Crippen molar-refractivity contribution in [3.8, 4) is 17.2 Å². The minimum atomic E-state index is -6.13. The number of hydrogen-bond donors (Lipinski definition) is 1. The Kier molecular flexibility index (Phi) is 5.62. The van der Waals surface area contributed by atoms with Crippen LogP contribution in [0.15, 0.2) is 29.1 Å². The molecule has 1 aliphatic rings. The summed E-state index contributed by atoms with van der Waals surface area (Å²) in [6.45, 7) is 1.29. The SMILES string of the molecule is CCCCn1c(=O)c2cc(OC)ccc2c2cc(C(O)(C(F)(F)F)C(F)(F)F)c3c(c21)OCO3. The van der Waals surface area contributed by atoms with E-state index in [1.807, 2.05) is 6.92 Å². The number of halogens is 6. The molecule has 1 aromatic heterocycles. The van der Waals surface area contributed by atoms with Crippen molar-refractivity contribution in [3.05, 3.63) is 40.2 Å². The zero-order chi connectivity index (χ0) is 25.1. The van der Waals surface area contributed by atoms with Gasteiger partial charge >= 0.3 is 12.4 Å². The fraction of sp³-hybridized carbons (Fsp3) is 0.409. The van der Waals surface area contributed by atoms with Crippen LogP contribution in [-0.4, -0.2) is 35.9 Å². The second kappa shape index (κ2) is 7.97. The van der Waals surface area contributed by atoms with Crippen molar-refractivity contribution >= 4 is 21.7 Å². The van der Waals surface area contributed by atoms with Gasteiger partial charge in [0.15, 0.2) is 11.5 Å². The number of aryl methyl sites for hydroxylation is 1. The van der Waals surface area contributed by atoms with Crippen molar-refractivity contribution in [1.29, 1.82) is 0 Å². The van der Waals surface area contributed by atoms with Crippen molar-refractivity contribution < 1.29 is 45.7 Å². The topological polar surface area (TPSA) is 69.9 Å². The van der Waals surface area contributed by atoms with Gasteiger partial charge in [-0.15, -0.1) is 0 Å². The quantitative estimate of drug-likeness (QED) is 0.402.